The van der Waals surface area contributed by atoms with Crippen LogP contribution in [0.15, 0.2) is 22.7 Å². The van der Waals surface area contributed by atoms with Crippen LogP contribution in [0.25, 0.3) is 11.0 Å². The van der Waals surface area contributed by atoms with Gasteiger partial charge in [0.15, 0.2) is 0 Å². The second-order valence-electron chi connectivity index (χ2n) is 5.46. The molecule has 2 aromatic rings. The van der Waals surface area contributed by atoms with Crippen LogP contribution in [0, 0.1) is 5.92 Å². The highest BCUT2D eigenvalue weighted by Crippen LogP contribution is 2.32. The summed E-state index contributed by atoms with van der Waals surface area (Å²) in [6, 6.07) is 6.28. The van der Waals surface area contributed by atoms with Gasteiger partial charge in [-0.05, 0) is 37.5 Å². The summed E-state index contributed by atoms with van der Waals surface area (Å²) in [4.78, 5) is 4.70. The molecule has 1 saturated carbocycles. The van der Waals surface area contributed by atoms with E-state index in [4.69, 9.17) is 16.6 Å². The molecule has 0 radical (unpaired) electrons. The summed E-state index contributed by atoms with van der Waals surface area (Å²) in [5, 5.41) is -0.0485. The lowest BCUT2D eigenvalue weighted by Gasteiger charge is -2.25. The van der Waals surface area contributed by atoms with Crippen molar-refractivity contribution < 1.29 is 0 Å². The van der Waals surface area contributed by atoms with Gasteiger partial charge in [-0.2, -0.15) is 0 Å². The normalized spacial score (nSPS) is 17.6. The summed E-state index contributed by atoms with van der Waals surface area (Å²) in [7, 11) is 0. The topological polar surface area (TPSA) is 17.8 Å². The third-order valence-electron chi connectivity index (χ3n) is 4.08. The first-order chi connectivity index (χ1) is 9.15. The predicted octanol–water partition coefficient (Wildman–Crippen LogP) is 5.29. The van der Waals surface area contributed by atoms with Gasteiger partial charge in [0.2, 0.25) is 0 Å². The third-order valence-corrected chi connectivity index (χ3v) is 4.77. The minimum atomic E-state index is -0.0485. The molecule has 0 spiro atoms. The van der Waals surface area contributed by atoms with Gasteiger partial charge < -0.3 is 4.57 Å². The van der Waals surface area contributed by atoms with E-state index in [-0.39, 0.29) is 5.38 Å². The predicted molar refractivity (Wildman–Crippen MR) is 83.7 cm³/mol. The molecule has 1 atom stereocenters. The molecular formula is C15H18BrClN2. The Bertz CT molecular complexity index is 587. The van der Waals surface area contributed by atoms with Crippen LogP contribution in [-0.4, -0.2) is 9.55 Å². The van der Waals surface area contributed by atoms with E-state index in [1.54, 1.807) is 0 Å². The molecule has 1 aliphatic carbocycles. The molecule has 1 aromatic heterocycles. The van der Waals surface area contributed by atoms with E-state index in [1.807, 2.05) is 6.92 Å². The number of rotatable bonds is 4. The Kier molecular flexibility index (Phi) is 3.86. The lowest BCUT2D eigenvalue weighted by molar-refractivity contribution is 0.282. The van der Waals surface area contributed by atoms with Gasteiger partial charge in [0.05, 0.1) is 16.4 Å². The van der Waals surface area contributed by atoms with Crippen LogP contribution in [0.2, 0.25) is 0 Å². The van der Waals surface area contributed by atoms with Gasteiger partial charge in [-0.25, -0.2) is 4.98 Å². The van der Waals surface area contributed by atoms with E-state index >= 15 is 0 Å². The van der Waals surface area contributed by atoms with E-state index in [9.17, 15) is 0 Å². The molecule has 3 rings (SSSR count). The smallest absolute Gasteiger partial charge is 0.127 e. The van der Waals surface area contributed by atoms with Crippen LogP contribution in [0.5, 0.6) is 0 Å². The number of fused-ring (bicyclic) bond motifs is 1. The largest absolute Gasteiger partial charge is 0.327 e. The standard InChI is InChI=1S/C15H18BrClN2/c1-10(17)15-18-13-9-12(16)5-6-14(13)19(15)8-7-11-3-2-4-11/h5-6,9-11H,2-4,7-8H2,1H3. The number of hydrogen-bond donors (Lipinski definition) is 0. The van der Waals surface area contributed by atoms with Gasteiger partial charge in [-0.3, -0.25) is 0 Å². The van der Waals surface area contributed by atoms with Gasteiger partial charge in [0, 0.05) is 11.0 Å². The molecule has 1 aromatic carbocycles. The number of nitrogens with zero attached hydrogens (tertiary/aromatic N) is 2. The number of halogens is 2. The summed E-state index contributed by atoms with van der Waals surface area (Å²) in [5.74, 6) is 1.90. The van der Waals surface area contributed by atoms with Crippen molar-refractivity contribution in [3.63, 3.8) is 0 Å². The molecule has 0 saturated heterocycles. The molecule has 0 amide bonds. The highest BCUT2D eigenvalue weighted by atomic mass is 79.9. The van der Waals surface area contributed by atoms with Crippen molar-refractivity contribution >= 4 is 38.6 Å². The second kappa shape index (κ2) is 5.45. The van der Waals surface area contributed by atoms with Crippen LogP contribution >= 0.6 is 27.5 Å². The fraction of sp³-hybridized carbons (Fsp3) is 0.533. The van der Waals surface area contributed by atoms with Gasteiger partial charge in [-0.15, -0.1) is 11.6 Å². The molecule has 1 unspecified atom stereocenters. The molecule has 2 nitrogen and oxygen atoms in total. The van der Waals surface area contributed by atoms with Crippen molar-refractivity contribution in [2.24, 2.45) is 5.92 Å². The Morgan fingerprint density at radius 1 is 1.47 bits per heavy atom. The number of aromatic nitrogens is 2. The van der Waals surface area contributed by atoms with E-state index in [0.29, 0.717) is 0 Å². The van der Waals surface area contributed by atoms with Crippen molar-refractivity contribution in [2.75, 3.05) is 0 Å². The zero-order valence-corrected chi connectivity index (χ0v) is 13.4. The lowest BCUT2D eigenvalue weighted by Crippen LogP contribution is -2.15. The first-order valence-electron chi connectivity index (χ1n) is 6.95. The second-order valence-corrected chi connectivity index (χ2v) is 7.03. The average molecular weight is 342 g/mol. The quantitative estimate of drug-likeness (QED) is 0.691. The Labute approximate surface area is 127 Å². The lowest BCUT2D eigenvalue weighted by atomic mass is 9.83. The van der Waals surface area contributed by atoms with Gasteiger partial charge in [0.25, 0.3) is 0 Å². The molecular weight excluding hydrogens is 324 g/mol. The van der Waals surface area contributed by atoms with E-state index in [1.165, 1.54) is 31.2 Å². The first kappa shape index (κ1) is 13.4. The molecule has 0 aliphatic heterocycles. The summed E-state index contributed by atoms with van der Waals surface area (Å²) < 4.78 is 3.37. The highest BCUT2D eigenvalue weighted by Gasteiger charge is 2.20. The molecule has 0 N–H and O–H groups in total. The monoisotopic (exact) mass is 340 g/mol. The number of benzene rings is 1. The Morgan fingerprint density at radius 2 is 2.26 bits per heavy atom. The van der Waals surface area contributed by atoms with Crippen molar-refractivity contribution in [1.82, 2.24) is 9.55 Å². The summed E-state index contributed by atoms with van der Waals surface area (Å²) in [5.41, 5.74) is 2.23. The van der Waals surface area contributed by atoms with Gasteiger partial charge in [0.1, 0.15) is 5.82 Å². The van der Waals surface area contributed by atoms with E-state index < -0.39 is 0 Å². The summed E-state index contributed by atoms with van der Waals surface area (Å²) in [6.45, 7) is 3.03. The van der Waals surface area contributed by atoms with Crippen LogP contribution in [0.1, 0.15) is 43.8 Å². The minimum Gasteiger partial charge on any atom is -0.327 e. The minimum absolute atomic E-state index is 0.0485. The van der Waals surface area contributed by atoms with Gasteiger partial charge >= 0.3 is 0 Å². The Morgan fingerprint density at radius 3 is 2.89 bits per heavy atom. The number of alkyl halides is 1. The molecule has 1 fully saturated rings. The van der Waals surface area contributed by atoms with E-state index in [0.717, 1.165) is 28.3 Å². The summed E-state index contributed by atoms with van der Waals surface area (Å²) >= 11 is 9.79. The third kappa shape index (κ3) is 2.68. The van der Waals surface area contributed by atoms with Crippen LogP contribution < -0.4 is 0 Å². The fourth-order valence-corrected chi connectivity index (χ4v) is 3.27. The van der Waals surface area contributed by atoms with E-state index in [2.05, 4.69) is 38.7 Å². The SMILES string of the molecule is CC(Cl)c1nc2cc(Br)ccc2n1CCC1CCC1. The van der Waals surface area contributed by atoms with Crippen molar-refractivity contribution in [1.29, 1.82) is 0 Å². The van der Waals surface area contributed by atoms with Crippen molar-refractivity contribution in [2.45, 2.75) is 44.5 Å². The number of hydrogen-bond acceptors (Lipinski definition) is 1. The first-order valence-corrected chi connectivity index (χ1v) is 8.18. The van der Waals surface area contributed by atoms with Crippen LogP contribution in [0.4, 0.5) is 0 Å². The highest BCUT2D eigenvalue weighted by molar-refractivity contribution is 9.10. The molecule has 19 heavy (non-hydrogen) atoms. The molecule has 0 bridgehead atoms. The number of imidazole rings is 1. The fourth-order valence-electron chi connectivity index (χ4n) is 2.75. The van der Waals surface area contributed by atoms with Crippen LogP contribution in [0.3, 0.4) is 0 Å². The van der Waals surface area contributed by atoms with Crippen LogP contribution in [-0.2, 0) is 6.54 Å². The average Bonchev–Trinajstić information content (AvgIpc) is 2.65. The maximum absolute atomic E-state index is 6.29. The van der Waals surface area contributed by atoms with Crippen molar-refractivity contribution in [3.8, 4) is 0 Å². The Balaban J connectivity index is 1.95. The zero-order valence-electron chi connectivity index (χ0n) is 11.1. The molecule has 4 heteroatoms. The molecule has 1 heterocycles. The van der Waals surface area contributed by atoms with Gasteiger partial charge in [-0.1, -0.05) is 35.2 Å². The Hall–Kier alpha value is -0.540. The molecule has 102 valence electrons. The van der Waals surface area contributed by atoms with Crippen molar-refractivity contribution in [3.05, 3.63) is 28.5 Å². The summed E-state index contributed by atoms with van der Waals surface area (Å²) in [6.07, 6.45) is 5.44. The maximum Gasteiger partial charge on any atom is 0.127 e. The zero-order chi connectivity index (χ0) is 13.4. The number of aryl methyl sites for hydroxylation is 1. The molecule has 1 aliphatic rings. The maximum atomic E-state index is 6.29.